The van der Waals surface area contributed by atoms with Crippen molar-refractivity contribution in [3.63, 3.8) is 0 Å². The van der Waals surface area contributed by atoms with Gasteiger partial charge in [-0.3, -0.25) is 9.78 Å². The van der Waals surface area contributed by atoms with Crippen molar-refractivity contribution in [1.29, 1.82) is 0 Å². The van der Waals surface area contributed by atoms with Crippen LogP contribution in [0.2, 0.25) is 5.02 Å². The molecule has 0 spiro atoms. The quantitative estimate of drug-likeness (QED) is 0.587. The predicted octanol–water partition coefficient (Wildman–Crippen LogP) is 5.83. The van der Waals surface area contributed by atoms with Crippen LogP contribution in [0.1, 0.15) is 48.1 Å². The molecule has 0 saturated carbocycles. The molecule has 2 aromatic carbocycles. The number of carbonyl (C=O) groups is 1. The fraction of sp³-hybridized carbons (Fsp3) is 0.304. The Balaban J connectivity index is 1.76. The third kappa shape index (κ3) is 4.20. The largest absolute Gasteiger partial charge is 0.377 e. The van der Waals surface area contributed by atoms with Gasteiger partial charge in [-0.25, -0.2) is 4.39 Å². The van der Waals surface area contributed by atoms with E-state index in [0.29, 0.717) is 16.3 Å². The summed E-state index contributed by atoms with van der Waals surface area (Å²) in [4.78, 5) is 19.7. The monoisotopic (exact) mass is 411 g/mol. The van der Waals surface area contributed by atoms with Gasteiger partial charge in [0.15, 0.2) is 0 Å². The van der Waals surface area contributed by atoms with E-state index in [1.54, 1.807) is 24.4 Å². The van der Waals surface area contributed by atoms with Gasteiger partial charge in [0.25, 0.3) is 5.91 Å². The number of likely N-dealkylation sites (tertiary alicyclic amines) is 1. The lowest BCUT2D eigenvalue weighted by atomic mass is 10.0. The molecule has 1 atom stereocenters. The van der Waals surface area contributed by atoms with Gasteiger partial charge in [0.1, 0.15) is 5.82 Å². The third-order valence-electron chi connectivity index (χ3n) is 5.43. The molecule has 2 heterocycles. The number of rotatable bonds is 4. The summed E-state index contributed by atoms with van der Waals surface area (Å²) in [5.41, 5.74) is 2.94. The van der Waals surface area contributed by atoms with E-state index in [0.717, 1.165) is 48.8 Å². The topological polar surface area (TPSA) is 45.2 Å². The number of hydrogen-bond acceptors (Lipinski definition) is 3. The number of piperidine rings is 1. The molecule has 0 radical (unpaired) electrons. The maximum absolute atomic E-state index is 13.3. The van der Waals surface area contributed by atoms with Crippen molar-refractivity contribution >= 4 is 34.1 Å². The number of nitrogens with one attached hydrogen (secondary N) is 1. The summed E-state index contributed by atoms with van der Waals surface area (Å²) >= 11 is 6.25. The van der Waals surface area contributed by atoms with Crippen molar-refractivity contribution < 1.29 is 9.18 Å². The molecule has 1 unspecified atom stereocenters. The van der Waals surface area contributed by atoms with Gasteiger partial charge in [-0.2, -0.15) is 0 Å². The number of amides is 1. The molecule has 0 aliphatic carbocycles. The van der Waals surface area contributed by atoms with Gasteiger partial charge in [-0.05, 0) is 62.1 Å². The molecular weight excluding hydrogens is 389 g/mol. The van der Waals surface area contributed by atoms with E-state index in [2.05, 4.69) is 10.3 Å². The highest BCUT2D eigenvalue weighted by Crippen LogP contribution is 2.32. The Morgan fingerprint density at radius 1 is 1.14 bits per heavy atom. The van der Waals surface area contributed by atoms with E-state index in [9.17, 15) is 9.18 Å². The minimum Gasteiger partial charge on any atom is -0.377 e. The number of pyridine rings is 1. The number of nitrogens with zero attached hydrogens (tertiary/aromatic N) is 2. The summed E-state index contributed by atoms with van der Waals surface area (Å²) in [5.74, 6) is -0.295. The molecule has 1 N–H and O–H groups in total. The van der Waals surface area contributed by atoms with Gasteiger partial charge < -0.3 is 10.2 Å². The zero-order valence-electron chi connectivity index (χ0n) is 16.3. The van der Waals surface area contributed by atoms with Crippen LogP contribution in [0.25, 0.3) is 10.9 Å². The van der Waals surface area contributed by atoms with Gasteiger partial charge in [0, 0.05) is 35.7 Å². The fourth-order valence-electron chi connectivity index (χ4n) is 3.80. The molecule has 6 heteroatoms. The molecular formula is C23H23ClFN3O. The number of fused-ring (bicyclic) bond motifs is 1. The maximum atomic E-state index is 13.3. The van der Waals surface area contributed by atoms with Crippen molar-refractivity contribution in [1.82, 2.24) is 9.88 Å². The van der Waals surface area contributed by atoms with Crippen LogP contribution in [0.3, 0.4) is 0 Å². The van der Waals surface area contributed by atoms with Crippen LogP contribution in [0.15, 0.2) is 48.7 Å². The van der Waals surface area contributed by atoms with Gasteiger partial charge in [0.2, 0.25) is 0 Å². The highest BCUT2D eigenvalue weighted by Gasteiger charge is 2.23. The average Bonchev–Trinajstić information content (AvgIpc) is 2.74. The predicted molar refractivity (Wildman–Crippen MR) is 115 cm³/mol. The molecule has 4 nitrogen and oxygen atoms in total. The summed E-state index contributed by atoms with van der Waals surface area (Å²) in [6, 6.07) is 11.7. The lowest BCUT2D eigenvalue weighted by Gasteiger charge is -2.28. The average molecular weight is 412 g/mol. The van der Waals surface area contributed by atoms with Gasteiger partial charge in [-0.15, -0.1) is 0 Å². The van der Waals surface area contributed by atoms with E-state index in [-0.39, 0.29) is 17.8 Å². The Labute approximate surface area is 174 Å². The first-order valence-corrected chi connectivity index (χ1v) is 10.3. The van der Waals surface area contributed by atoms with Crippen LogP contribution in [-0.2, 0) is 0 Å². The van der Waals surface area contributed by atoms with E-state index in [4.69, 9.17) is 11.6 Å². The fourth-order valence-corrected chi connectivity index (χ4v) is 3.97. The first kappa shape index (κ1) is 19.6. The van der Waals surface area contributed by atoms with Crippen molar-refractivity contribution in [2.24, 2.45) is 0 Å². The molecule has 29 heavy (non-hydrogen) atoms. The molecule has 1 saturated heterocycles. The Morgan fingerprint density at radius 3 is 2.59 bits per heavy atom. The Kier molecular flexibility index (Phi) is 5.67. The van der Waals surface area contributed by atoms with Crippen LogP contribution in [0, 0.1) is 5.82 Å². The lowest BCUT2D eigenvalue weighted by molar-refractivity contribution is 0.0725. The number of hydrogen-bond donors (Lipinski definition) is 1. The number of aromatic nitrogens is 1. The Hall–Kier alpha value is -2.66. The number of carbonyl (C=O) groups excluding carboxylic acids is 1. The second-order valence-electron chi connectivity index (χ2n) is 7.48. The molecule has 150 valence electrons. The Bertz CT molecular complexity index is 1030. The second-order valence-corrected chi connectivity index (χ2v) is 7.92. The van der Waals surface area contributed by atoms with Crippen LogP contribution >= 0.6 is 11.6 Å². The maximum Gasteiger partial charge on any atom is 0.257 e. The molecule has 1 fully saturated rings. The SMILES string of the molecule is CC(Nc1c(C(=O)N2CCCCC2)cnc2ccc(Cl)cc12)c1ccc(F)cc1. The minimum atomic E-state index is -0.275. The van der Waals surface area contributed by atoms with Crippen molar-refractivity contribution in [2.45, 2.75) is 32.2 Å². The molecule has 1 aromatic heterocycles. The zero-order chi connectivity index (χ0) is 20.4. The number of halogens is 2. The Morgan fingerprint density at radius 2 is 1.86 bits per heavy atom. The highest BCUT2D eigenvalue weighted by molar-refractivity contribution is 6.31. The summed E-state index contributed by atoms with van der Waals surface area (Å²) in [5, 5.41) is 4.85. The third-order valence-corrected chi connectivity index (χ3v) is 5.67. The van der Waals surface area contributed by atoms with Crippen molar-refractivity contribution in [2.75, 3.05) is 18.4 Å². The van der Waals surface area contributed by atoms with Crippen LogP contribution < -0.4 is 5.32 Å². The minimum absolute atomic E-state index is 0.0205. The van der Waals surface area contributed by atoms with Gasteiger partial charge >= 0.3 is 0 Å². The molecule has 0 bridgehead atoms. The lowest BCUT2D eigenvalue weighted by Crippen LogP contribution is -2.36. The standard InChI is InChI=1S/C23H23ClFN3O/c1-15(16-5-8-18(25)9-6-16)27-22-19-13-17(24)7-10-21(19)26-14-20(22)23(29)28-11-3-2-4-12-28/h5-10,13-15H,2-4,11-12H2,1H3,(H,26,27). The van der Waals surface area contributed by atoms with Crippen LogP contribution in [0.5, 0.6) is 0 Å². The smallest absolute Gasteiger partial charge is 0.257 e. The molecule has 4 rings (SSSR count). The van der Waals surface area contributed by atoms with E-state index < -0.39 is 0 Å². The summed E-state index contributed by atoms with van der Waals surface area (Å²) in [7, 11) is 0. The first-order chi connectivity index (χ1) is 14.0. The molecule has 1 aliphatic rings. The van der Waals surface area contributed by atoms with Crippen molar-refractivity contribution in [3.05, 3.63) is 70.6 Å². The summed E-state index contributed by atoms with van der Waals surface area (Å²) < 4.78 is 13.3. The summed E-state index contributed by atoms with van der Waals surface area (Å²) in [6.07, 6.45) is 4.84. The molecule has 3 aromatic rings. The normalized spacial score (nSPS) is 15.3. The number of benzene rings is 2. The van der Waals surface area contributed by atoms with Gasteiger partial charge in [-0.1, -0.05) is 23.7 Å². The van der Waals surface area contributed by atoms with Crippen molar-refractivity contribution in [3.8, 4) is 0 Å². The molecule has 1 amide bonds. The van der Waals surface area contributed by atoms with E-state index in [1.807, 2.05) is 24.0 Å². The second kappa shape index (κ2) is 8.37. The van der Waals surface area contributed by atoms with E-state index >= 15 is 0 Å². The van der Waals surface area contributed by atoms with Gasteiger partial charge in [0.05, 0.1) is 16.8 Å². The highest BCUT2D eigenvalue weighted by atomic mass is 35.5. The van der Waals surface area contributed by atoms with E-state index in [1.165, 1.54) is 12.1 Å². The first-order valence-electron chi connectivity index (χ1n) is 9.92. The van der Waals surface area contributed by atoms with Crippen LogP contribution in [0.4, 0.5) is 10.1 Å². The summed E-state index contributed by atoms with van der Waals surface area (Å²) in [6.45, 7) is 3.51. The van der Waals surface area contributed by atoms with Crippen LogP contribution in [-0.4, -0.2) is 28.9 Å². The number of anilines is 1. The zero-order valence-corrected chi connectivity index (χ0v) is 17.0. The molecule has 1 aliphatic heterocycles.